The monoisotopic (exact) mass is 246 g/mol. The molecule has 0 aliphatic rings. The lowest BCUT2D eigenvalue weighted by molar-refractivity contribution is -0.140. The normalized spacial score (nSPS) is 10.8. The minimum Gasteiger partial charge on any atom is -0.469 e. The summed E-state index contributed by atoms with van der Waals surface area (Å²) in [6.07, 6.45) is 2.15. The molecule has 0 saturated carbocycles. The summed E-state index contributed by atoms with van der Waals surface area (Å²) in [5, 5.41) is 0. The molecule has 0 unspecified atom stereocenters. The Morgan fingerprint density at radius 2 is 2.22 bits per heavy atom. The number of methoxy groups -OCH3 is 1. The van der Waals surface area contributed by atoms with Crippen molar-refractivity contribution in [1.29, 1.82) is 0 Å². The van der Waals surface area contributed by atoms with E-state index in [0.29, 0.717) is 6.42 Å². The average Bonchev–Trinajstić information content (AvgIpc) is 2.64. The van der Waals surface area contributed by atoms with E-state index in [1.165, 1.54) is 12.7 Å². The lowest BCUT2D eigenvalue weighted by Crippen LogP contribution is -2.00. The highest BCUT2D eigenvalue weighted by molar-refractivity contribution is 5.76. The summed E-state index contributed by atoms with van der Waals surface area (Å²) < 4.78 is 6.70. The highest BCUT2D eigenvalue weighted by Gasteiger charge is 2.05. The van der Waals surface area contributed by atoms with Crippen molar-refractivity contribution < 1.29 is 9.53 Å². The molecular formula is C14H18N2O2. The van der Waals surface area contributed by atoms with E-state index in [9.17, 15) is 4.79 Å². The summed E-state index contributed by atoms with van der Waals surface area (Å²) >= 11 is 0. The summed E-state index contributed by atoms with van der Waals surface area (Å²) in [6.45, 7) is 2.00. The van der Waals surface area contributed by atoms with Gasteiger partial charge in [-0.25, -0.2) is 4.98 Å². The third-order valence-electron chi connectivity index (χ3n) is 3.24. The molecule has 0 fully saturated rings. The number of carbonyl (C=O) groups excluding carboxylic acids is 1. The number of ether oxygens (including phenoxy) is 1. The average molecular weight is 246 g/mol. The SMILES string of the molecule is COC(=O)CCCc1ccc2c(c1)nc(C)n2C. The molecule has 1 aromatic carbocycles. The molecule has 0 bridgehead atoms. The molecule has 2 rings (SSSR count). The third-order valence-corrected chi connectivity index (χ3v) is 3.24. The standard InChI is InChI=1S/C14H18N2O2/c1-10-15-12-9-11(5-4-6-14(17)18-3)7-8-13(12)16(10)2/h7-9H,4-6H2,1-3H3. The van der Waals surface area contributed by atoms with Gasteiger partial charge in [-0.2, -0.15) is 0 Å². The first-order valence-corrected chi connectivity index (χ1v) is 6.10. The smallest absolute Gasteiger partial charge is 0.305 e. The molecule has 0 spiro atoms. The number of esters is 1. The second-order valence-electron chi connectivity index (χ2n) is 4.47. The number of aryl methyl sites for hydroxylation is 3. The number of rotatable bonds is 4. The summed E-state index contributed by atoms with van der Waals surface area (Å²) in [5.41, 5.74) is 3.37. The molecule has 0 radical (unpaired) electrons. The van der Waals surface area contributed by atoms with Gasteiger partial charge in [-0.1, -0.05) is 6.07 Å². The molecule has 18 heavy (non-hydrogen) atoms. The van der Waals surface area contributed by atoms with Crippen molar-refractivity contribution in [3.05, 3.63) is 29.6 Å². The van der Waals surface area contributed by atoms with E-state index in [4.69, 9.17) is 0 Å². The van der Waals surface area contributed by atoms with Gasteiger partial charge < -0.3 is 9.30 Å². The Bertz CT molecular complexity index is 572. The number of imidazole rings is 1. The molecule has 2 aromatic rings. The maximum absolute atomic E-state index is 11.0. The van der Waals surface area contributed by atoms with Gasteiger partial charge in [0, 0.05) is 13.5 Å². The number of benzene rings is 1. The molecule has 1 aromatic heterocycles. The van der Waals surface area contributed by atoms with Crippen molar-refractivity contribution in [2.45, 2.75) is 26.2 Å². The van der Waals surface area contributed by atoms with Crippen LogP contribution in [0.15, 0.2) is 18.2 Å². The molecule has 0 atom stereocenters. The summed E-state index contributed by atoms with van der Waals surface area (Å²) in [6, 6.07) is 6.28. The molecule has 96 valence electrons. The van der Waals surface area contributed by atoms with Gasteiger partial charge in [-0.3, -0.25) is 4.79 Å². The molecule has 0 aliphatic carbocycles. The fraction of sp³-hybridized carbons (Fsp3) is 0.429. The van der Waals surface area contributed by atoms with Crippen molar-refractivity contribution in [2.75, 3.05) is 7.11 Å². The second-order valence-corrected chi connectivity index (χ2v) is 4.47. The zero-order valence-electron chi connectivity index (χ0n) is 11.1. The van der Waals surface area contributed by atoms with Crippen LogP contribution < -0.4 is 0 Å². The third kappa shape index (κ3) is 2.53. The van der Waals surface area contributed by atoms with E-state index in [2.05, 4.69) is 32.5 Å². The van der Waals surface area contributed by atoms with Gasteiger partial charge in [0.15, 0.2) is 0 Å². The predicted molar refractivity (Wildman–Crippen MR) is 70.4 cm³/mol. The lowest BCUT2D eigenvalue weighted by atomic mass is 10.1. The zero-order valence-corrected chi connectivity index (χ0v) is 11.1. The number of hydrogen-bond acceptors (Lipinski definition) is 3. The van der Waals surface area contributed by atoms with Crippen LogP contribution in [0.25, 0.3) is 11.0 Å². The van der Waals surface area contributed by atoms with Gasteiger partial charge >= 0.3 is 5.97 Å². The number of nitrogens with zero attached hydrogens (tertiary/aromatic N) is 2. The molecule has 0 aliphatic heterocycles. The number of carbonyl (C=O) groups is 1. The molecule has 0 N–H and O–H groups in total. The van der Waals surface area contributed by atoms with Crippen LogP contribution in [0.5, 0.6) is 0 Å². The maximum atomic E-state index is 11.0. The van der Waals surface area contributed by atoms with Gasteiger partial charge in [0.1, 0.15) is 5.82 Å². The van der Waals surface area contributed by atoms with E-state index >= 15 is 0 Å². The number of hydrogen-bond donors (Lipinski definition) is 0. The molecule has 0 saturated heterocycles. The van der Waals surface area contributed by atoms with Crippen molar-refractivity contribution in [3.63, 3.8) is 0 Å². The summed E-state index contributed by atoms with van der Waals surface area (Å²) in [4.78, 5) is 15.5. The summed E-state index contributed by atoms with van der Waals surface area (Å²) in [5.74, 6) is 0.862. The number of aromatic nitrogens is 2. The van der Waals surface area contributed by atoms with E-state index in [-0.39, 0.29) is 5.97 Å². The van der Waals surface area contributed by atoms with Crippen molar-refractivity contribution in [1.82, 2.24) is 9.55 Å². The van der Waals surface area contributed by atoms with Crippen LogP contribution in [-0.2, 0) is 23.0 Å². The Morgan fingerprint density at radius 3 is 2.94 bits per heavy atom. The second kappa shape index (κ2) is 5.21. The van der Waals surface area contributed by atoms with Crippen LogP contribution in [-0.4, -0.2) is 22.6 Å². The van der Waals surface area contributed by atoms with Crippen LogP contribution in [0.3, 0.4) is 0 Å². The molecule has 0 amide bonds. The largest absolute Gasteiger partial charge is 0.469 e. The van der Waals surface area contributed by atoms with Crippen LogP contribution in [0.4, 0.5) is 0 Å². The first-order chi connectivity index (χ1) is 8.61. The minimum absolute atomic E-state index is 0.148. The Labute approximate surface area is 107 Å². The van der Waals surface area contributed by atoms with E-state index in [1.807, 2.05) is 14.0 Å². The van der Waals surface area contributed by atoms with Gasteiger partial charge in [0.05, 0.1) is 18.1 Å². The quantitative estimate of drug-likeness (QED) is 0.778. The van der Waals surface area contributed by atoms with Crippen LogP contribution in [0.2, 0.25) is 0 Å². The van der Waals surface area contributed by atoms with Crippen LogP contribution in [0.1, 0.15) is 24.2 Å². The van der Waals surface area contributed by atoms with Gasteiger partial charge in [-0.15, -0.1) is 0 Å². The first kappa shape index (κ1) is 12.6. The van der Waals surface area contributed by atoms with Crippen molar-refractivity contribution >= 4 is 17.0 Å². The first-order valence-electron chi connectivity index (χ1n) is 6.10. The van der Waals surface area contributed by atoms with Crippen LogP contribution in [0, 0.1) is 6.92 Å². The zero-order chi connectivity index (χ0) is 13.1. The minimum atomic E-state index is -0.148. The molecule has 4 nitrogen and oxygen atoms in total. The lowest BCUT2D eigenvalue weighted by Gasteiger charge is -2.02. The highest BCUT2D eigenvalue weighted by Crippen LogP contribution is 2.17. The van der Waals surface area contributed by atoms with Gasteiger partial charge in [-0.05, 0) is 37.5 Å². The van der Waals surface area contributed by atoms with Gasteiger partial charge in [0.2, 0.25) is 0 Å². The highest BCUT2D eigenvalue weighted by atomic mass is 16.5. The van der Waals surface area contributed by atoms with Crippen molar-refractivity contribution in [3.8, 4) is 0 Å². The Kier molecular flexibility index (Phi) is 3.65. The molecular weight excluding hydrogens is 228 g/mol. The fourth-order valence-corrected chi connectivity index (χ4v) is 2.06. The summed E-state index contributed by atoms with van der Waals surface area (Å²) in [7, 11) is 3.44. The maximum Gasteiger partial charge on any atom is 0.305 e. The predicted octanol–water partition coefficient (Wildman–Crippen LogP) is 2.38. The number of fused-ring (bicyclic) bond motifs is 1. The fourth-order valence-electron chi connectivity index (χ4n) is 2.06. The topological polar surface area (TPSA) is 44.1 Å². The Hall–Kier alpha value is -1.84. The molecule has 1 heterocycles. The Morgan fingerprint density at radius 1 is 1.44 bits per heavy atom. The Balaban J connectivity index is 2.08. The molecule has 4 heteroatoms. The van der Waals surface area contributed by atoms with Gasteiger partial charge in [0.25, 0.3) is 0 Å². The van der Waals surface area contributed by atoms with E-state index < -0.39 is 0 Å². The van der Waals surface area contributed by atoms with E-state index in [1.54, 1.807) is 0 Å². The van der Waals surface area contributed by atoms with E-state index in [0.717, 1.165) is 29.7 Å². The van der Waals surface area contributed by atoms with Crippen LogP contribution >= 0.6 is 0 Å². The van der Waals surface area contributed by atoms with Crippen molar-refractivity contribution in [2.24, 2.45) is 7.05 Å².